The maximum atomic E-state index is 11.4. The molecule has 0 aliphatic carbocycles. The van der Waals surface area contributed by atoms with Gasteiger partial charge in [-0.1, -0.05) is 117 Å². The molecule has 2 unspecified atom stereocenters. The van der Waals surface area contributed by atoms with E-state index in [1.165, 1.54) is 64.2 Å². The van der Waals surface area contributed by atoms with E-state index in [0.29, 0.717) is 19.3 Å². The summed E-state index contributed by atoms with van der Waals surface area (Å²) in [6.45, 7) is 4.30. The van der Waals surface area contributed by atoms with Gasteiger partial charge in [0.2, 0.25) is 0 Å². The summed E-state index contributed by atoms with van der Waals surface area (Å²) in [4.78, 5) is 0. The van der Waals surface area contributed by atoms with Crippen LogP contribution in [0, 0.1) is 0 Å². The number of aliphatic hydroxyl groups is 1. The third-order valence-corrected chi connectivity index (χ3v) is 6.79. The van der Waals surface area contributed by atoms with Crippen molar-refractivity contribution in [1.29, 1.82) is 0 Å². The van der Waals surface area contributed by atoms with Crippen LogP contribution < -0.4 is 51.4 Å². The minimum absolute atomic E-state index is 0. The van der Waals surface area contributed by atoms with E-state index in [1.54, 1.807) is 0 Å². The molecule has 0 radical (unpaired) electrons. The fourth-order valence-corrected chi connectivity index (χ4v) is 4.66. The third-order valence-electron chi connectivity index (χ3n) is 5.50. The molecule has 0 bridgehead atoms. The summed E-state index contributed by atoms with van der Waals surface area (Å²) in [5, 5.41) is 8.96. The van der Waals surface area contributed by atoms with Crippen LogP contribution >= 0.6 is 0 Å². The molecular formula is C22H45KO4S. The van der Waals surface area contributed by atoms with Crippen molar-refractivity contribution in [1.82, 2.24) is 0 Å². The van der Waals surface area contributed by atoms with Crippen LogP contribution in [-0.2, 0) is 10.1 Å². The predicted octanol–water partition coefficient (Wildman–Crippen LogP) is 3.33. The topological polar surface area (TPSA) is 77.4 Å². The maximum Gasteiger partial charge on any atom is 1.00 e. The molecule has 0 rings (SSSR count). The third kappa shape index (κ3) is 19.5. The molecule has 0 aliphatic rings. The van der Waals surface area contributed by atoms with Gasteiger partial charge in [-0.2, -0.15) is 0 Å². The molecule has 0 fully saturated rings. The minimum Gasteiger partial charge on any atom is -0.748 e. The Morgan fingerprint density at radius 2 is 0.964 bits per heavy atom. The Kier molecular flexibility index (Phi) is 24.6. The average Bonchev–Trinajstić information content (AvgIpc) is 2.61. The summed E-state index contributed by atoms with van der Waals surface area (Å²) in [7, 11) is -4.42. The van der Waals surface area contributed by atoms with Crippen LogP contribution in [0.25, 0.3) is 0 Å². The van der Waals surface area contributed by atoms with Crippen LogP contribution in [0.1, 0.15) is 129 Å². The van der Waals surface area contributed by atoms with E-state index in [2.05, 4.69) is 13.8 Å². The zero-order chi connectivity index (χ0) is 20.4. The van der Waals surface area contributed by atoms with Gasteiger partial charge >= 0.3 is 51.4 Å². The monoisotopic (exact) mass is 444 g/mol. The molecule has 0 spiro atoms. The van der Waals surface area contributed by atoms with Gasteiger partial charge in [0.05, 0.1) is 11.4 Å². The Morgan fingerprint density at radius 1 is 0.643 bits per heavy atom. The second-order valence-corrected chi connectivity index (χ2v) is 9.72. The summed E-state index contributed by atoms with van der Waals surface area (Å²) in [5.74, 6) is 0. The molecule has 0 amide bonds. The largest absolute Gasteiger partial charge is 1.00 e. The van der Waals surface area contributed by atoms with Gasteiger partial charge < -0.3 is 9.66 Å². The molecule has 6 heteroatoms. The molecule has 0 saturated carbocycles. The van der Waals surface area contributed by atoms with Crippen molar-refractivity contribution in [2.75, 3.05) is 0 Å². The molecule has 1 N–H and O–H groups in total. The van der Waals surface area contributed by atoms with Crippen molar-refractivity contribution in [3.63, 3.8) is 0 Å². The standard InChI is InChI=1S/C22H46O4S.K/c1-3-5-7-8-9-10-11-12-13-14-15-16-18-20-22(27(24,25)26)21(23)19-17-6-4-2;/h21-23H,3-20H2,1-2H3,(H,24,25,26);/q;+1/p-1. The van der Waals surface area contributed by atoms with Crippen molar-refractivity contribution < 1.29 is 69.5 Å². The van der Waals surface area contributed by atoms with Gasteiger partial charge in [0, 0.05) is 0 Å². The van der Waals surface area contributed by atoms with Crippen LogP contribution in [0.2, 0.25) is 0 Å². The van der Waals surface area contributed by atoms with Crippen molar-refractivity contribution in [3.8, 4) is 0 Å². The first-order valence-electron chi connectivity index (χ1n) is 11.6. The normalized spacial score (nSPS) is 13.9. The summed E-state index contributed by atoms with van der Waals surface area (Å²) >= 11 is 0. The van der Waals surface area contributed by atoms with E-state index in [1.807, 2.05) is 0 Å². The van der Waals surface area contributed by atoms with Crippen molar-refractivity contribution in [3.05, 3.63) is 0 Å². The van der Waals surface area contributed by atoms with Crippen molar-refractivity contribution in [2.24, 2.45) is 0 Å². The Labute approximate surface area is 218 Å². The first kappa shape index (κ1) is 31.7. The first-order chi connectivity index (χ1) is 12.9. The van der Waals surface area contributed by atoms with Gasteiger partial charge in [0.25, 0.3) is 0 Å². The average molecular weight is 445 g/mol. The van der Waals surface area contributed by atoms with Crippen molar-refractivity contribution >= 4 is 10.1 Å². The molecule has 28 heavy (non-hydrogen) atoms. The van der Waals surface area contributed by atoms with Gasteiger partial charge in [-0.25, -0.2) is 8.42 Å². The van der Waals surface area contributed by atoms with Crippen LogP contribution in [0.4, 0.5) is 0 Å². The quantitative estimate of drug-likeness (QED) is 0.177. The second-order valence-electron chi connectivity index (χ2n) is 8.13. The maximum absolute atomic E-state index is 11.4. The van der Waals surface area contributed by atoms with Crippen molar-refractivity contribution in [2.45, 2.75) is 141 Å². The number of hydrogen-bond donors (Lipinski definition) is 1. The SMILES string of the molecule is CCCCCCCCCCCCCCCC(C(O)CCCCC)S(=O)(=O)[O-].[K+]. The van der Waals surface area contributed by atoms with Crippen LogP contribution in [0.3, 0.4) is 0 Å². The van der Waals surface area contributed by atoms with Gasteiger partial charge in [0.1, 0.15) is 10.1 Å². The molecule has 0 aromatic rings. The summed E-state index contributed by atoms with van der Waals surface area (Å²) in [6.07, 6.45) is 18.4. The Hall–Kier alpha value is 1.51. The van der Waals surface area contributed by atoms with Crippen LogP contribution in [0.5, 0.6) is 0 Å². The minimum atomic E-state index is -4.42. The van der Waals surface area contributed by atoms with Gasteiger partial charge in [-0.05, 0) is 12.8 Å². The molecular weight excluding hydrogens is 399 g/mol. The molecule has 0 saturated heterocycles. The zero-order valence-corrected chi connectivity index (χ0v) is 22.9. The van der Waals surface area contributed by atoms with E-state index < -0.39 is 21.5 Å². The molecule has 2 atom stereocenters. The number of unbranched alkanes of at least 4 members (excludes halogenated alkanes) is 14. The Bertz CT molecular complexity index is 415. The van der Waals surface area contributed by atoms with Crippen LogP contribution in [0.15, 0.2) is 0 Å². The fourth-order valence-electron chi connectivity index (χ4n) is 3.68. The van der Waals surface area contributed by atoms with E-state index >= 15 is 0 Å². The van der Waals surface area contributed by atoms with Gasteiger partial charge in [0.15, 0.2) is 0 Å². The van der Waals surface area contributed by atoms with Gasteiger partial charge in [-0.15, -0.1) is 0 Å². The zero-order valence-electron chi connectivity index (χ0n) is 19.0. The predicted molar refractivity (Wildman–Crippen MR) is 114 cm³/mol. The summed E-state index contributed by atoms with van der Waals surface area (Å²) < 4.78 is 34.3. The van der Waals surface area contributed by atoms with E-state index in [0.717, 1.165) is 32.1 Å². The smallest absolute Gasteiger partial charge is 0.748 e. The molecule has 0 aromatic carbocycles. The molecule has 0 aliphatic heterocycles. The summed E-state index contributed by atoms with van der Waals surface area (Å²) in [5.41, 5.74) is 0. The number of aliphatic hydroxyl groups excluding tert-OH is 1. The van der Waals surface area contributed by atoms with Crippen LogP contribution in [-0.4, -0.2) is 29.4 Å². The molecule has 0 aromatic heterocycles. The Morgan fingerprint density at radius 3 is 1.36 bits per heavy atom. The fraction of sp³-hybridized carbons (Fsp3) is 1.00. The molecule has 4 nitrogen and oxygen atoms in total. The number of rotatable bonds is 20. The Balaban J connectivity index is 0. The second kappa shape index (κ2) is 21.7. The molecule has 0 heterocycles. The summed E-state index contributed by atoms with van der Waals surface area (Å²) in [6, 6.07) is 0. The van der Waals surface area contributed by atoms with Gasteiger partial charge in [-0.3, -0.25) is 0 Å². The number of hydrogen-bond acceptors (Lipinski definition) is 4. The van der Waals surface area contributed by atoms with E-state index in [-0.39, 0.29) is 51.4 Å². The van der Waals surface area contributed by atoms with E-state index in [4.69, 9.17) is 0 Å². The first-order valence-corrected chi connectivity index (χ1v) is 13.0. The molecule has 164 valence electrons. The van der Waals surface area contributed by atoms with E-state index in [9.17, 15) is 18.1 Å².